The van der Waals surface area contributed by atoms with E-state index < -0.39 is 0 Å². The number of anilines is 1. The van der Waals surface area contributed by atoms with Gasteiger partial charge in [-0.3, -0.25) is 4.98 Å². The SMILES string of the molecule is Cc1cnccc1NC[C@H]1C[C@H](c2nc(C3CC3)no2)C[C@H]1O. The molecule has 2 saturated carbocycles. The van der Waals surface area contributed by atoms with Gasteiger partial charge in [0.25, 0.3) is 0 Å². The van der Waals surface area contributed by atoms with E-state index in [4.69, 9.17) is 4.52 Å². The van der Waals surface area contributed by atoms with Gasteiger partial charge in [0.2, 0.25) is 5.89 Å². The predicted octanol–water partition coefficient (Wildman–Crippen LogP) is 2.62. The first-order valence-corrected chi connectivity index (χ1v) is 8.36. The van der Waals surface area contributed by atoms with Crippen molar-refractivity contribution in [3.05, 3.63) is 35.7 Å². The molecule has 0 aromatic carbocycles. The number of nitrogens with one attached hydrogen (secondary N) is 1. The second-order valence-electron chi connectivity index (χ2n) is 6.83. The Balaban J connectivity index is 1.37. The summed E-state index contributed by atoms with van der Waals surface area (Å²) in [7, 11) is 0. The Hall–Kier alpha value is -1.95. The van der Waals surface area contributed by atoms with Crippen molar-refractivity contribution in [2.45, 2.75) is 50.5 Å². The van der Waals surface area contributed by atoms with Crippen LogP contribution < -0.4 is 5.32 Å². The Kier molecular flexibility index (Phi) is 3.77. The summed E-state index contributed by atoms with van der Waals surface area (Å²) in [6, 6.07) is 1.97. The number of hydrogen-bond acceptors (Lipinski definition) is 6. The molecule has 0 unspecified atom stereocenters. The van der Waals surface area contributed by atoms with Gasteiger partial charge in [0.1, 0.15) is 0 Å². The summed E-state index contributed by atoms with van der Waals surface area (Å²) < 4.78 is 5.43. The van der Waals surface area contributed by atoms with E-state index in [-0.39, 0.29) is 17.9 Å². The van der Waals surface area contributed by atoms with Crippen LogP contribution in [0.15, 0.2) is 23.0 Å². The predicted molar refractivity (Wildman–Crippen MR) is 85.2 cm³/mol. The van der Waals surface area contributed by atoms with E-state index in [2.05, 4.69) is 20.4 Å². The van der Waals surface area contributed by atoms with Crippen LogP contribution in [-0.2, 0) is 0 Å². The number of aryl methyl sites for hydroxylation is 1. The number of pyridine rings is 1. The van der Waals surface area contributed by atoms with Crippen molar-refractivity contribution in [3.8, 4) is 0 Å². The summed E-state index contributed by atoms with van der Waals surface area (Å²) >= 11 is 0. The summed E-state index contributed by atoms with van der Waals surface area (Å²) in [4.78, 5) is 8.63. The van der Waals surface area contributed by atoms with Crippen molar-refractivity contribution in [3.63, 3.8) is 0 Å². The molecule has 2 aliphatic rings. The molecule has 2 heterocycles. The van der Waals surface area contributed by atoms with Gasteiger partial charge in [0.05, 0.1) is 6.10 Å². The van der Waals surface area contributed by atoms with Gasteiger partial charge in [-0.25, -0.2) is 0 Å². The third-order valence-electron chi connectivity index (χ3n) is 4.98. The Bertz CT molecular complexity index is 683. The lowest BCUT2D eigenvalue weighted by Crippen LogP contribution is -2.22. The van der Waals surface area contributed by atoms with Crippen LogP contribution in [0, 0.1) is 12.8 Å². The van der Waals surface area contributed by atoms with Gasteiger partial charge in [-0.2, -0.15) is 4.98 Å². The largest absolute Gasteiger partial charge is 0.393 e. The van der Waals surface area contributed by atoms with Crippen LogP contribution in [0.3, 0.4) is 0 Å². The zero-order valence-electron chi connectivity index (χ0n) is 13.3. The molecular weight excluding hydrogens is 292 g/mol. The highest BCUT2D eigenvalue weighted by Crippen LogP contribution is 2.41. The quantitative estimate of drug-likeness (QED) is 0.882. The summed E-state index contributed by atoms with van der Waals surface area (Å²) in [6.45, 7) is 2.77. The zero-order chi connectivity index (χ0) is 15.8. The summed E-state index contributed by atoms with van der Waals surface area (Å²) in [5, 5.41) is 17.9. The lowest BCUT2D eigenvalue weighted by atomic mass is 10.0. The molecule has 0 radical (unpaired) electrons. The van der Waals surface area contributed by atoms with Crippen molar-refractivity contribution < 1.29 is 9.63 Å². The molecule has 4 rings (SSSR count). The molecule has 2 fully saturated rings. The van der Waals surface area contributed by atoms with E-state index in [1.54, 1.807) is 6.20 Å². The van der Waals surface area contributed by atoms with Gasteiger partial charge < -0.3 is 14.9 Å². The number of aromatic nitrogens is 3. The normalized spacial score (nSPS) is 27.3. The molecule has 2 aromatic heterocycles. The first-order chi connectivity index (χ1) is 11.2. The Morgan fingerprint density at radius 2 is 2.17 bits per heavy atom. The molecule has 2 aliphatic carbocycles. The van der Waals surface area contributed by atoms with Crippen LogP contribution >= 0.6 is 0 Å². The third-order valence-corrected chi connectivity index (χ3v) is 4.98. The maximum absolute atomic E-state index is 10.4. The second-order valence-corrected chi connectivity index (χ2v) is 6.83. The highest BCUT2D eigenvalue weighted by Gasteiger charge is 2.38. The van der Waals surface area contributed by atoms with E-state index in [9.17, 15) is 5.11 Å². The standard InChI is InChI=1S/C17H22N4O2/c1-10-8-18-5-4-14(10)19-9-13-6-12(7-15(13)22)17-20-16(21-23-17)11-2-3-11/h4-5,8,11-13,15,22H,2-3,6-7,9H2,1H3,(H,18,19)/t12-,13+,15+/m0/s1. The van der Waals surface area contributed by atoms with Crippen LogP contribution in [0.5, 0.6) is 0 Å². The fraction of sp³-hybridized carbons (Fsp3) is 0.588. The van der Waals surface area contributed by atoms with Gasteiger partial charge in [-0.05, 0) is 44.2 Å². The molecule has 0 aliphatic heterocycles. The maximum atomic E-state index is 10.4. The minimum atomic E-state index is -0.328. The summed E-state index contributed by atoms with van der Waals surface area (Å²) in [5.74, 6) is 2.43. The average molecular weight is 314 g/mol. The lowest BCUT2D eigenvalue weighted by Gasteiger charge is -2.16. The lowest BCUT2D eigenvalue weighted by molar-refractivity contribution is 0.137. The molecule has 6 heteroatoms. The number of rotatable bonds is 5. The van der Waals surface area contributed by atoms with Crippen LogP contribution in [0.25, 0.3) is 0 Å². The Morgan fingerprint density at radius 1 is 1.30 bits per heavy atom. The van der Waals surface area contributed by atoms with E-state index in [1.165, 1.54) is 12.8 Å². The Morgan fingerprint density at radius 3 is 2.96 bits per heavy atom. The second kappa shape index (κ2) is 5.92. The monoisotopic (exact) mass is 314 g/mol. The maximum Gasteiger partial charge on any atom is 0.229 e. The van der Waals surface area contributed by atoms with Gasteiger partial charge >= 0.3 is 0 Å². The summed E-state index contributed by atoms with van der Waals surface area (Å²) in [6.07, 6.45) is 7.22. The first-order valence-electron chi connectivity index (χ1n) is 8.36. The van der Waals surface area contributed by atoms with E-state index in [1.807, 2.05) is 19.2 Å². The summed E-state index contributed by atoms with van der Waals surface area (Å²) in [5.41, 5.74) is 2.19. The smallest absolute Gasteiger partial charge is 0.229 e. The highest BCUT2D eigenvalue weighted by atomic mass is 16.5. The van der Waals surface area contributed by atoms with Gasteiger partial charge in [0.15, 0.2) is 5.82 Å². The zero-order valence-corrected chi connectivity index (χ0v) is 13.3. The molecule has 0 bridgehead atoms. The third kappa shape index (κ3) is 3.08. The molecule has 0 spiro atoms. The topological polar surface area (TPSA) is 84.1 Å². The molecule has 0 amide bonds. The van der Waals surface area contributed by atoms with Gasteiger partial charge in [-0.15, -0.1) is 0 Å². The Labute approximate surface area is 135 Å². The fourth-order valence-electron chi connectivity index (χ4n) is 3.36. The molecule has 23 heavy (non-hydrogen) atoms. The van der Waals surface area contributed by atoms with E-state index in [0.717, 1.165) is 30.0 Å². The van der Waals surface area contributed by atoms with Gasteiger partial charge in [-0.1, -0.05) is 5.16 Å². The van der Waals surface area contributed by atoms with E-state index >= 15 is 0 Å². The highest BCUT2D eigenvalue weighted by molar-refractivity contribution is 5.48. The molecule has 6 nitrogen and oxygen atoms in total. The van der Waals surface area contributed by atoms with E-state index in [0.29, 0.717) is 18.2 Å². The first kappa shape index (κ1) is 14.6. The molecule has 3 atom stereocenters. The molecule has 122 valence electrons. The minimum Gasteiger partial charge on any atom is -0.393 e. The number of aliphatic hydroxyl groups excluding tert-OH is 1. The van der Waals surface area contributed by atoms with Crippen LogP contribution in [0.1, 0.15) is 54.8 Å². The minimum absolute atomic E-state index is 0.176. The van der Waals surface area contributed by atoms with Crippen molar-refractivity contribution in [1.29, 1.82) is 0 Å². The van der Waals surface area contributed by atoms with Crippen LogP contribution in [0.2, 0.25) is 0 Å². The number of nitrogens with zero attached hydrogens (tertiary/aromatic N) is 3. The van der Waals surface area contributed by atoms with Crippen LogP contribution in [-0.4, -0.2) is 32.9 Å². The molecule has 2 aromatic rings. The van der Waals surface area contributed by atoms with Crippen molar-refractivity contribution in [1.82, 2.24) is 15.1 Å². The number of hydrogen-bond donors (Lipinski definition) is 2. The molecule has 2 N–H and O–H groups in total. The van der Waals surface area contributed by atoms with Crippen LogP contribution in [0.4, 0.5) is 5.69 Å². The van der Waals surface area contributed by atoms with Crippen molar-refractivity contribution in [2.24, 2.45) is 5.92 Å². The molecule has 0 saturated heterocycles. The average Bonchev–Trinajstić information content (AvgIpc) is 3.16. The fourth-order valence-corrected chi connectivity index (χ4v) is 3.36. The molecular formula is C17H22N4O2. The van der Waals surface area contributed by atoms with Crippen molar-refractivity contribution >= 4 is 5.69 Å². The number of aliphatic hydroxyl groups is 1. The van der Waals surface area contributed by atoms with Crippen molar-refractivity contribution in [2.75, 3.05) is 11.9 Å². The van der Waals surface area contributed by atoms with Gasteiger partial charge in [0, 0.05) is 42.4 Å².